The Morgan fingerprint density at radius 2 is 1.85 bits per heavy atom. The number of anilines is 3. The minimum atomic E-state index is 0.325. The van der Waals surface area contributed by atoms with E-state index in [2.05, 4.69) is 35.5 Å². The number of hydrogen-bond donors (Lipinski definition) is 2. The fraction of sp³-hybridized carbons (Fsp3) is 0.364. The van der Waals surface area contributed by atoms with Gasteiger partial charge in [0.2, 0.25) is 5.95 Å². The molecule has 2 N–H and O–H groups in total. The first-order valence-corrected chi connectivity index (χ1v) is 10.9. The number of benzene rings is 1. The first-order chi connectivity index (χ1) is 16.2. The smallest absolute Gasteiger partial charge is 0.230 e. The second-order valence-corrected chi connectivity index (χ2v) is 7.59. The number of hydrogen-bond acceptors (Lipinski definition) is 10. The van der Waals surface area contributed by atoms with Gasteiger partial charge in [0, 0.05) is 50.2 Å². The van der Waals surface area contributed by atoms with Gasteiger partial charge >= 0.3 is 0 Å². The summed E-state index contributed by atoms with van der Waals surface area (Å²) in [7, 11) is 3.24. The molecule has 0 aliphatic carbocycles. The number of nitrogens with zero attached hydrogens (tertiary/aromatic N) is 5. The van der Waals surface area contributed by atoms with Gasteiger partial charge in [-0.05, 0) is 12.1 Å². The Morgan fingerprint density at radius 3 is 2.55 bits per heavy atom. The molecule has 10 nitrogen and oxygen atoms in total. The summed E-state index contributed by atoms with van der Waals surface area (Å²) in [5, 5.41) is 6.94. The van der Waals surface area contributed by atoms with Crippen LogP contribution in [0.4, 0.5) is 17.3 Å². The van der Waals surface area contributed by atoms with Crippen molar-refractivity contribution in [3.63, 3.8) is 0 Å². The highest BCUT2D eigenvalue weighted by molar-refractivity contribution is 6.31. The van der Waals surface area contributed by atoms with E-state index in [-0.39, 0.29) is 0 Å². The second-order valence-electron chi connectivity index (χ2n) is 7.24. The second kappa shape index (κ2) is 11.1. The van der Waals surface area contributed by atoms with Crippen molar-refractivity contribution in [2.75, 3.05) is 64.2 Å². The van der Waals surface area contributed by atoms with Crippen LogP contribution in [0.1, 0.15) is 0 Å². The van der Waals surface area contributed by atoms with Crippen molar-refractivity contribution in [3.05, 3.63) is 41.9 Å². The van der Waals surface area contributed by atoms with E-state index in [1.807, 2.05) is 12.1 Å². The first-order valence-electron chi connectivity index (χ1n) is 10.5. The van der Waals surface area contributed by atoms with E-state index in [0.717, 1.165) is 45.1 Å². The summed E-state index contributed by atoms with van der Waals surface area (Å²) in [6.45, 7) is 5.09. The monoisotopic (exact) mass is 471 g/mol. The molecular weight excluding hydrogens is 446 g/mol. The molecule has 4 rings (SSSR count). The van der Waals surface area contributed by atoms with Gasteiger partial charge in [-0.15, -0.1) is 0 Å². The van der Waals surface area contributed by atoms with Gasteiger partial charge in [0.05, 0.1) is 33.0 Å². The summed E-state index contributed by atoms with van der Waals surface area (Å²) in [4.78, 5) is 19.3. The van der Waals surface area contributed by atoms with Crippen LogP contribution >= 0.6 is 11.6 Å². The number of halogens is 1. The highest BCUT2D eigenvalue weighted by atomic mass is 35.5. The number of aromatic nitrogens is 4. The zero-order valence-corrected chi connectivity index (χ0v) is 19.3. The van der Waals surface area contributed by atoms with E-state index in [4.69, 9.17) is 25.8 Å². The third-order valence-electron chi connectivity index (χ3n) is 5.17. The van der Waals surface area contributed by atoms with Crippen LogP contribution in [0.2, 0.25) is 5.15 Å². The van der Waals surface area contributed by atoms with Crippen LogP contribution in [0.3, 0.4) is 0 Å². The summed E-state index contributed by atoms with van der Waals surface area (Å²) in [6, 6.07) is 7.30. The molecule has 1 aliphatic heterocycles. The van der Waals surface area contributed by atoms with Gasteiger partial charge in [-0.3, -0.25) is 4.90 Å². The highest BCUT2D eigenvalue weighted by Crippen LogP contribution is 2.38. The topological polar surface area (TPSA) is 107 Å². The molecule has 0 bridgehead atoms. The molecule has 3 heterocycles. The van der Waals surface area contributed by atoms with E-state index in [1.165, 1.54) is 6.33 Å². The third-order valence-corrected chi connectivity index (χ3v) is 5.47. The van der Waals surface area contributed by atoms with Gasteiger partial charge in [0.1, 0.15) is 28.7 Å². The fourth-order valence-corrected chi connectivity index (χ4v) is 3.69. The Balaban J connectivity index is 1.50. The maximum atomic E-state index is 6.18. The van der Waals surface area contributed by atoms with E-state index < -0.39 is 0 Å². The van der Waals surface area contributed by atoms with Crippen LogP contribution in [0.15, 0.2) is 36.8 Å². The Kier molecular flexibility index (Phi) is 7.71. The molecule has 0 atom stereocenters. The molecule has 1 saturated heterocycles. The average Bonchev–Trinajstić information content (AvgIpc) is 2.85. The van der Waals surface area contributed by atoms with Crippen LogP contribution in [-0.4, -0.2) is 78.4 Å². The summed E-state index contributed by atoms with van der Waals surface area (Å²) in [5.74, 6) is 2.06. The van der Waals surface area contributed by atoms with Crippen LogP contribution in [-0.2, 0) is 4.74 Å². The van der Waals surface area contributed by atoms with E-state index in [9.17, 15) is 0 Å². The lowest BCUT2D eigenvalue weighted by Crippen LogP contribution is -2.39. The third kappa shape index (κ3) is 5.78. The van der Waals surface area contributed by atoms with Crippen molar-refractivity contribution in [3.8, 4) is 22.9 Å². The van der Waals surface area contributed by atoms with Crippen molar-refractivity contribution in [1.29, 1.82) is 0 Å². The van der Waals surface area contributed by atoms with Crippen LogP contribution < -0.4 is 20.1 Å². The van der Waals surface area contributed by atoms with Crippen LogP contribution in [0.5, 0.6) is 11.5 Å². The van der Waals surface area contributed by atoms with Crippen LogP contribution in [0, 0.1) is 0 Å². The molecular formula is C22H26ClN7O3. The normalized spacial score (nSPS) is 14.0. The van der Waals surface area contributed by atoms with E-state index in [0.29, 0.717) is 39.7 Å². The maximum absolute atomic E-state index is 6.18. The Hall–Kier alpha value is -3.21. The Labute approximate surface area is 197 Å². The molecule has 0 saturated carbocycles. The summed E-state index contributed by atoms with van der Waals surface area (Å²) in [5.41, 5.74) is 2.12. The lowest BCUT2D eigenvalue weighted by Gasteiger charge is -2.27. The number of ether oxygens (including phenoxy) is 3. The molecule has 0 unspecified atom stereocenters. The number of pyridine rings is 1. The fourth-order valence-electron chi connectivity index (χ4n) is 3.49. The SMILES string of the molecule is COc1cc(Nc2ncnc(-c3cccnc3Cl)n2)cc(OC)c1NCCN1CCOCC1. The minimum absolute atomic E-state index is 0.325. The summed E-state index contributed by atoms with van der Waals surface area (Å²) < 4.78 is 16.6. The molecule has 1 fully saturated rings. The van der Waals surface area contributed by atoms with Crippen molar-refractivity contribution in [2.24, 2.45) is 0 Å². The lowest BCUT2D eigenvalue weighted by molar-refractivity contribution is 0.0398. The van der Waals surface area contributed by atoms with Gasteiger partial charge in [0.15, 0.2) is 5.82 Å². The van der Waals surface area contributed by atoms with Gasteiger partial charge < -0.3 is 24.8 Å². The maximum Gasteiger partial charge on any atom is 0.230 e. The number of methoxy groups -OCH3 is 2. The number of nitrogens with one attached hydrogen (secondary N) is 2. The zero-order valence-electron chi connectivity index (χ0n) is 18.5. The summed E-state index contributed by atoms with van der Waals surface area (Å²) in [6.07, 6.45) is 3.03. The van der Waals surface area contributed by atoms with E-state index >= 15 is 0 Å². The average molecular weight is 472 g/mol. The quantitative estimate of drug-likeness (QED) is 0.452. The standard InChI is InChI=1S/C22H26ClN7O3/c1-31-17-12-15(13-18(32-2)19(17)24-6-7-30-8-10-33-11-9-30)28-22-27-14-26-21(29-22)16-4-3-5-25-20(16)23/h3-5,12-14,24H,6-11H2,1-2H3,(H,26,27,28,29). The first kappa shape index (κ1) is 23.0. The molecule has 1 aromatic carbocycles. The Bertz CT molecular complexity index is 1050. The molecule has 33 heavy (non-hydrogen) atoms. The van der Waals surface area contributed by atoms with Gasteiger partial charge in [-0.1, -0.05) is 11.6 Å². The van der Waals surface area contributed by atoms with Crippen LogP contribution in [0.25, 0.3) is 11.4 Å². The van der Waals surface area contributed by atoms with Crippen molar-refractivity contribution < 1.29 is 14.2 Å². The Morgan fingerprint density at radius 1 is 1.09 bits per heavy atom. The lowest BCUT2D eigenvalue weighted by atomic mass is 10.2. The number of morpholine rings is 1. The number of rotatable bonds is 9. The van der Waals surface area contributed by atoms with Gasteiger partial charge in [-0.25, -0.2) is 15.0 Å². The zero-order chi connectivity index (χ0) is 23.0. The molecule has 3 aromatic rings. The van der Waals surface area contributed by atoms with E-state index in [1.54, 1.807) is 32.5 Å². The molecule has 174 valence electrons. The predicted octanol–water partition coefficient (Wildman–Crippen LogP) is 3.09. The van der Waals surface area contributed by atoms with Crippen molar-refractivity contribution in [1.82, 2.24) is 24.8 Å². The molecule has 2 aromatic heterocycles. The molecule has 0 amide bonds. The minimum Gasteiger partial charge on any atom is -0.494 e. The van der Waals surface area contributed by atoms with Crippen molar-refractivity contribution in [2.45, 2.75) is 0 Å². The molecule has 0 radical (unpaired) electrons. The molecule has 0 spiro atoms. The summed E-state index contributed by atoms with van der Waals surface area (Å²) >= 11 is 6.18. The molecule has 11 heteroatoms. The van der Waals surface area contributed by atoms with Crippen molar-refractivity contribution >= 4 is 28.9 Å². The highest BCUT2D eigenvalue weighted by Gasteiger charge is 2.16. The largest absolute Gasteiger partial charge is 0.494 e. The molecule has 1 aliphatic rings. The predicted molar refractivity (Wildman–Crippen MR) is 127 cm³/mol. The van der Waals surface area contributed by atoms with Gasteiger partial charge in [0.25, 0.3) is 0 Å². The van der Waals surface area contributed by atoms with Gasteiger partial charge in [-0.2, -0.15) is 4.98 Å².